The van der Waals surface area contributed by atoms with Crippen LogP contribution < -0.4 is 0 Å². The summed E-state index contributed by atoms with van der Waals surface area (Å²) in [4.78, 5) is 10.6. The average molecular weight is 247 g/mol. The van der Waals surface area contributed by atoms with Crippen LogP contribution in [0.5, 0.6) is 0 Å². The lowest BCUT2D eigenvalue weighted by Gasteiger charge is -2.01. The van der Waals surface area contributed by atoms with Gasteiger partial charge in [0.05, 0.1) is 6.61 Å². The largest absolute Gasteiger partial charge is 0.462 e. The topological polar surface area (TPSA) is 26.3 Å². The summed E-state index contributed by atoms with van der Waals surface area (Å²) in [5, 5.41) is 0. The minimum absolute atomic E-state index is 0.00442. The minimum Gasteiger partial charge on any atom is -0.462 e. The molecule has 2 nitrogen and oxygen atoms in total. The SMILES string of the molecule is CCOC(=O)C(Br)=C(F)C(F)F. The van der Waals surface area contributed by atoms with Crippen LogP contribution in [0.15, 0.2) is 10.3 Å². The fourth-order valence-corrected chi connectivity index (χ4v) is 0.675. The van der Waals surface area contributed by atoms with Gasteiger partial charge < -0.3 is 4.74 Å². The molecule has 0 radical (unpaired) electrons. The smallest absolute Gasteiger partial charge is 0.348 e. The number of allylic oxidation sites excluding steroid dienone is 1. The van der Waals surface area contributed by atoms with Gasteiger partial charge in [-0.2, -0.15) is 0 Å². The molecule has 0 heterocycles. The summed E-state index contributed by atoms with van der Waals surface area (Å²) < 4.78 is 38.9. The third-order valence-corrected chi connectivity index (χ3v) is 1.56. The van der Waals surface area contributed by atoms with Gasteiger partial charge in [-0.05, 0) is 22.9 Å². The van der Waals surface area contributed by atoms with E-state index in [2.05, 4.69) is 20.7 Å². The molecule has 0 saturated carbocycles. The summed E-state index contributed by atoms with van der Waals surface area (Å²) in [6.07, 6.45) is -3.30. The van der Waals surface area contributed by atoms with Gasteiger partial charge in [-0.25, -0.2) is 18.0 Å². The zero-order chi connectivity index (χ0) is 9.72. The maximum atomic E-state index is 12.3. The van der Waals surface area contributed by atoms with Crippen molar-refractivity contribution in [1.82, 2.24) is 0 Å². The summed E-state index contributed by atoms with van der Waals surface area (Å²) in [7, 11) is 0. The molecule has 70 valence electrons. The van der Waals surface area contributed by atoms with Crippen molar-refractivity contribution in [1.29, 1.82) is 0 Å². The molecule has 0 spiro atoms. The summed E-state index contributed by atoms with van der Waals surface area (Å²) in [5.74, 6) is -2.94. The Hall–Kier alpha value is -0.520. The third kappa shape index (κ3) is 3.25. The highest BCUT2D eigenvalue weighted by Crippen LogP contribution is 2.20. The highest BCUT2D eigenvalue weighted by atomic mass is 79.9. The second-order valence-electron chi connectivity index (χ2n) is 1.68. The number of ether oxygens (including phenoxy) is 1. The predicted octanol–water partition coefficient (Wildman–Crippen LogP) is 2.39. The van der Waals surface area contributed by atoms with E-state index in [0.717, 1.165) is 0 Å². The van der Waals surface area contributed by atoms with Gasteiger partial charge >= 0.3 is 5.97 Å². The van der Waals surface area contributed by atoms with Crippen molar-refractivity contribution in [2.75, 3.05) is 6.61 Å². The van der Waals surface area contributed by atoms with Crippen LogP contribution in [0.3, 0.4) is 0 Å². The van der Waals surface area contributed by atoms with Crippen molar-refractivity contribution in [3.63, 3.8) is 0 Å². The molecule has 0 amide bonds. The van der Waals surface area contributed by atoms with E-state index < -0.39 is 22.7 Å². The lowest BCUT2D eigenvalue weighted by molar-refractivity contribution is -0.137. The fraction of sp³-hybridized carbons (Fsp3) is 0.500. The molecule has 0 unspecified atom stereocenters. The van der Waals surface area contributed by atoms with Gasteiger partial charge in [0, 0.05) is 0 Å². The Morgan fingerprint density at radius 3 is 2.42 bits per heavy atom. The van der Waals surface area contributed by atoms with Crippen LogP contribution >= 0.6 is 15.9 Å². The number of halogens is 4. The Bertz CT molecular complexity index is 203. The minimum atomic E-state index is -3.30. The summed E-state index contributed by atoms with van der Waals surface area (Å²) in [6.45, 7) is 1.49. The van der Waals surface area contributed by atoms with E-state index in [1.54, 1.807) is 0 Å². The van der Waals surface area contributed by atoms with Crippen molar-refractivity contribution in [3.8, 4) is 0 Å². The lowest BCUT2D eigenvalue weighted by Crippen LogP contribution is -2.07. The van der Waals surface area contributed by atoms with E-state index in [0.29, 0.717) is 0 Å². The third-order valence-electron chi connectivity index (χ3n) is 0.856. The predicted molar refractivity (Wildman–Crippen MR) is 39.7 cm³/mol. The van der Waals surface area contributed by atoms with E-state index in [4.69, 9.17) is 0 Å². The molecule has 12 heavy (non-hydrogen) atoms. The monoisotopic (exact) mass is 246 g/mol. The summed E-state index contributed by atoms with van der Waals surface area (Å²) >= 11 is 2.36. The van der Waals surface area contributed by atoms with Gasteiger partial charge in [0.25, 0.3) is 6.43 Å². The molecule has 0 N–H and O–H groups in total. The first-order chi connectivity index (χ1) is 5.50. The number of hydrogen-bond donors (Lipinski definition) is 0. The molecular weight excluding hydrogens is 241 g/mol. The molecule has 0 aliphatic carbocycles. The molecular formula is C6H6BrF3O2. The van der Waals surface area contributed by atoms with E-state index in [1.165, 1.54) is 6.92 Å². The first kappa shape index (κ1) is 11.5. The Morgan fingerprint density at radius 2 is 2.08 bits per heavy atom. The van der Waals surface area contributed by atoms with Crippen molar-refractivity contribution < 1.29 is 22.7 Å². The first-order valence-electron chi connectivity index (χ1n) is 3.01. The number of carbonyl (C=O) groups excluding carboxylic acids is 1. The second-order valence-corrected chi connectivity index (χ2v) is 2.48. The lowest BCUT2D eigenvalue weighted by atomic mass is 10.5. The number of carbonyl (C=O) groups is 1. The van der Waals surface area contributed by atoms with E-state index in [1.807, 2.05) is 0 Å². The quantitative estimate of drug-likeness (QED) is 0.565. The van der Waals surface area contributed by atoms with Crippen LogP contribution in [0.1, 0.15) is 6.92 Å². The van der Waals surface area contributed by atoms with Gasteiger partial charge in [0.2, 0.25) is 0 Å². The normalized spacial score (nSPS) is 12.8. The van der Waals surface area contributed by atoms with Crippen molar-refractivity contribution in [2.24, 2.45) is 0 Å². The highest BCUT2D eigenvalue weighted by Gasteiger charge is 2.20. The molecule has 0 aliphatic heterocycles. The summed E-state index contributed by atoms with van der Waals surface area (Å²) in [5.41, 5.74) is 0. The molecule has 0 bridgehead atoms. The van der Waals surface area contributed by atoms with Gasteiger partial charge in [0.15, 0.2) is 5.83 Å². The maximum Gasteiger partial charge on any atom is 0.348 e. The fourth-order valence-electron chi connectivity index (χ4n) is 0.388. The zero-order valence-electron chi connectivity index (χ0n) is 6.11. The van der Waals surface area contributed by atoms with E-state index >= 15 is 0 Å². The number of alkyl halides is 2. The Balaban J connectivity index is 4.43. The molecule has 0 aromatic rings. The first-order valence-corrected chi connectivity index (χ1v) is 3.80. The molecule has 0 aliphatic rings. The van der Waals surface area contributed by atoms with Gasteiger partial charge in [-0.15, -0.1) is 0 Å². The average Bonchev–Trinajstić information content (AvgIpc) is 2.02. The zero-order valence-corrected chi connectivity index (χ0v) is 7.70. The Kier molecular flexibility index (Phi) is 4.96. The molecule has 0 saturated heterocycles. The van der Waals surface area contributed by atoms with Crippen molar-refractivity contribution in [2.45, 2.75) is 13.3 Å². The van der Waals surface area contributed by atoms with Crippen LogP contribution in [0.25, 0.3) is 0 Å². The van der Waals surface area contributed by atoms with Crippen LogP contribution in [-0.2, 0) is 9.53 Å². The van der Waals surface area contributed by atoms with Gasteiger partial charge in [-0.1, -0.05) is 0 Å². The van der Waals surface area contributed by atoms with Gasteiger partial charge in [-0.3, -0.25) is 0 Å². The Labute approximate surface area is 75.5 Å². The Morgan fingerprint density at radius 1 is 1.58 bits per heavy atom. The van der Waals surface area contributed by atoms with Crippen LogP contribution in [0, 0.1) is 0 Å². The van der Waals surface area contributed by atoms with Crippen molar-refractivity contribution >= 4 is 21.9 Å². The molecule has 0 fully saturated rings. The van der Waals surface area contributed by atoms with Crippen LogP contribution in [0.2, 0.25) is 0 Å². The molecule has 0 atom stereocenters. The van der Waals surface area contributed by atoms with E-state index in [-0.39, 0.29) is 6.61 Å². The number of hydrogen-bond acceptors (Lipinski definition) is 2. The standard InChI is InChI=1S/C6H6BrF3O2/c1-2-12-6(11)3(7)4(8)5(9)10/h5H,2H2,1H3. The highest BCUT2D eigenvalue weighted by molar-refractivity contribution is 9.12. The van der Waals surface area contributed by atoms with E-state index in [9.17, 15) is 18.0 Å². The number of rotatable bonds is 3. The summed E-state index contributed by atoms with van der Waals surface area (Å²) in [6, 6.07) is 0. The molecule has 6 heteroatoms. The van der Waals surface area contributed by atoms with Gasteiger partial charge in [0.1, 0.15) is 4.48 Å². The second kappa shape index (κ2) is 5.18. The molecule has 0 aromatic carbocycles. The van der Waals surface area contributed by atoms with Crippen LogP contribution in [-0.4, -0.2) is 19.0 Å². The molecule has 0 rings (SSSR count). The molecule has 0 aromatic heterocycles. The van der Waals surface area contributed by atoms with Crippen molar-refractivity contribution in [3.05, 3.63) is 10.3 Å². The van der Waals surface area contributed by atoms with Crippen LogP contribution in [0.4, 0.5) is 13.2 Å². The number of esters is 1. The maximum absolute atomic E-state index is 12.3.